The summed E-state index contributed by atoms with van der Waals surface area (Å²) < 4.78 is 0. The predicted octanol–water partition coefficient (Wildman–Crippen LogP) is -3.18. The third-order valence-electron chi connectivity index (χ3n) is 2.78. The molecule has 3 unspecified atom stereocenters. The number of carboxylic acid groups (broad SMARTS) is 2. The summed E-state index contributed by atoms with van der Waals surface area (Å²) in [6, 6.07) is -3.77. The highest BCUT2D eigenvalue weighted by molar-refractivity contribution is 7.80. The van der Waals surface area contributed by atoms with Crippen LogP contribution >= 0.6 is 25.3 Å². The highest BCUT2D eigenvalue weighted by atomic mass is 32.1. The van der Waals surface area contributed by atoms with Crippen molar-refractivity contribution >= 4 is 54.9 Å². The molecule has 13 heteroatoms. The van der Waals surface area contributed by atoms with Gasteiger partial charge in [0.25, 0.3) is 0 Å². The second kappa shape index (κ2) is 11.5. The minimum Gasteiger partial charge on any atom is -0.481 e. The largest absolute Gasteiger partial charge is 0.481 e. The first-order valence-electron chi connectivity index (χ1n) is 6.91. The summed E-state index contributed by atoms with van der Waals surface area (Å²) >= 11 is 7.70. The van der Waals surface area contributed by atoms with Gasteiger partial charge in [-0.2, -0.15) is 25.3 Å². The molecule has 0 aliphatic carbocycles. The van der Waals surface area contributed by atoms with Crippen LogP contribution in [0.15, 0.2) is 0 Å². The van der Waals surface area contributed by atoms with Gasteiger partial charge in [0.1, 0.15) is 12.1 Å². The lowest BCUT2D eigenvalue weighted by atomic mass is 10.2. The minimum absolute atomic E-state index is 0.0786. The summed E-state index contributed by atoms with van der Waals surface area (Å²) in [5.41, 5.74) is 5.40. The summed E-state index contributed by atoms with van der Waals surface area (Å²) in [7, 11) is 0. The Morgan fingerprint density at radius 1 is 0.920 bits per heavy atom. The smallest absolute Gasteiger partial charge is 0.326 e. The fourth-order valence-electron chi connectivity index (χ4n) is 1.47. The van der Waals surface area contributed by atoms with Crippen LogP contribution in [0.2, 0.25) is 0 Å². The fourth-order valence-corrected chi connectivity index (χ4v) is 1.89. The molecule has 0 aromatic rings. The molecule has 7 N–H and O–H groups in total. The average molecular weight is 396 g/mol. The number of carbonyl (C=O) groups is 5. The lowest BCUT2D eigenvalue weighted by molar-refractivity contribution is -0.147. The Morgan fingerprint density at radius 3 is 1.96 bits per heavy atom. The first-order valence-corrected chi connectivity index (χ1v) is 8.18. The van der Waals surface area contributed by atoms with E-state index in [0.717, 1.165) is 0 Å². The van der Waals surface area contributed by atoms with Crippen molar-refractivity contribution in [3.05, 3.63) is 0 Å². The van der Waals surface area contributed by atoms with Gasteiger partial charge in [-0.15, -0.1) is 0 Å². The Hall–Kier alpha value is -1.99. The predicted molar refractivity (Wildman–Crippen MR) is 92.4 cm³/mol. The molecule has 0 aromatic heterocycles. The summed E-state index contributed by atoms with van der Waals surface area (Å²) in [5.74, 6) is -5.31. The van der Waals surface area contributed by atoms with Crippen molar-refractivity contribution in [2.45, 2.75) is 24.5 Å². The highest BCUT2D eigenvalue weighted by Gasteiger charge is 2.27. The maximum Gasteiger partial charge on any atom is 0.326 e. The van der Waals surface area contributed by atoms with E-state index in [1.54, 1.807) is 0 Å². The standard InChI is InChI=1S/C12H20N4O7S2/c13-5(3-24)10(20)14-2-8(17)15-7(4-25)11(21)16-6(12(22)23)1-9(18)19/h5-7,24-25H,1-4,13H2,(H,14,20)(H,15,17)(H,16,21)(H,18,19)(H,22,23). The average Bonchev–Trinajstić information content (AvgIpc) is 2.55. The Kier molecular flexibility index (Phi) is 10.6. The summed E-state index contributed by atoms with van der Waals surface area (Å²) in [4.78, 5) is 56.6. The zero-order valence-electron chi connectivity index (χ0n) is 13.0. The van der Waals surface area contributed by atoms with E-state index >= 15 is 0 Å². The molecule has 0 saturated heterocycles. The molecule has 142 valence electrons. The van der Waals surface area contributed by atoms with Gasteiger partial charge in [-0.05, 0) is 0 Å². The number of aliphatic carboxylic acids is 2. The number of hydrogen-bond donors (Lipinski definition) is 8. The van der Waals surface area contributed by atoms with Crippen molar-refractivity contribution in [3.8, 4) is 0 Å². The maximum absolute atomic E-state index is 12.0. The van der Waals surface area contributed by atoms with Crippen molar-refractivity contribution in [1.29, 1.82) is 0 Å². The van der Waals surface area contributed by atoms with Crippen LogP contribution in [0.5, 0.6) is 0 Å². The Labute approximate surface area is 153 Å². The van der Waals surface area contributed by atoms with Gasteiger partial charge in [-0.1, -0.05) is 0 Å². The molecule has 0 bridgehead atoms. The molecule has 0 fully saturated rings. The molecule has 3 amide bonds. The quantitative estimate of drug-likeness (QED) is 0.168. The van der Waals surface area contributed by atoms with Gasteiger partial charge >= 0.3 is 11.9 Å². The van der Waals surface area contributed by atoms with Gasteiger partial charge < -0.3 is 31.9 Å². The van der Waals surface area contributed by atoms with Crippen LogP contribution in [-0.2, 0) is 24.0 Å². The van der Waals surface area contributed by atoms with Crippen molar-refractivity contribution < 1.29 is 34.2 Å². The molecule has 0 aliphatic rings. The van der Waals surface area contributed by atoms with E-state index in [2.05, 4.69) is 35.9 Å². The van der Waals surface area contributed by atoms with Gasteiger partial charge in [0.05, 0.1) is 19.0 Å². The molecule has 0 spiro atoms. The van der Waals surface area contributed by atoms with E-state index in [4.69, 9.17) is 15.9 Å². The van der Waals surface area contributed by atoms with E-state index < -0.39 is 60.8 Å². The van der Waals surface area contributed by atoms with Crippen LogP contribution in [-0.4, -0.2) is 76.0 Å². The number of carboxylic acids is 2. The third-order valence-corrected chi connectivity index (χ3v) is 3.54. The number of nitrogens with one attached hydrogen (secondary N) is 3. The lowest BCUT2D eigenvalue weighted by Crippen LogP contribution is -2.54. The number of hydrogen-bond acceptors (Lipinski definition) is 8. The SMILES string of the molecule is NC(CS)C(=O)NCC(=O)NC(CS)C(=O)NC(CC(=O)O)C(=O)O. The minimum atomic E-state index is -1.66. The summed E-state index contributed by atoms with van der Waals surface area (Å²) in [5, 5.41) is 24.0. The molecule has 0 saturated carbocycles. The normalized spacial score (nSPS) is 13.9. The van der Waals surface area contributed by atoms with E-state index in [1.165, 1.54) is 0 Å². The number of nitrogens with two attached hydrogens (primary N) is 1. The molecule has 0 radical (unpaired) electrons. The molecular weight excluding hydrogens is 376 g/mol. The van der Waals surface area contributed by atoms with Crippen LogP contribution in [0.3, 0.4) is 0 Å². The maximum atomic E-state index is 12.0. The molecule has 3 atom stereocenters. The number of thiol groups is 2. The summed E-state index contributed by atoms with van der Waals surface area (Å²) in [6.07, 6.45) is -0.827. The molecular formula is C12H20N4O7S2. The van der Waals surface area contributed by atoms with E-state index in [0.29, 0.717) is 0 Å². The topological polar surface area (TPSA) is 188 Å². The monoisotopic (exact) mass is 396 g/mol. The van der Waals surface area contributed by atoms with Crippen LogP contribution in [0.4, 0.5) is 0 Å². The Morgan fingerprint density at radius 2 is 1.52 bits per heavy atom. The third kappa shape index (κ3) is 9.16. The summed E-state index contributed by atoms with van der Waals surface area (Å²) in [6.45, 7) is -0.463. The van der Waals surface area contributed by atoms with Crippen molar-refractivity contribution in [3.63, 3.8) is 0 Å². The van der Waals surface area contributed by atoms with Crippen molar-refractivity contribution in [2.24, 2.45) is 5.73 Å². The lowest BCUT2D eigenvalue weighted by Gasteiger charge is -2.19. The van der Waals surface area contributed by atoms with E-state index in [1.807, 2.05) is 5.32 Å². The first-order chi connectivity index (χ1) is 11.6. The molecule has 0 aromatic carbocycles. The van der Waals surface area contributed by atoms with Crippen LogP contribution in [0.25, 0.3) is 0 Å². The van der Waals surface area contributed by atoms with Gasteiger partial charge in [0.15, 0.2) is 0 Å². The first kappa shape index (κ1) is 23.0. The number of amides is 3. The fraction of sp³-hybridized carbons (Fsp3) is 0.583. The second-order valence-corrected chi connectivity index (χ2v) is 5.54. The molecule has 25 heavy (non-hydrogen) atoms. The van der Waals surface area contributed by atoms with Crippen molar-refractivity contribution in [2.75, 3.05) is 18.1 Å². The van der Waals surface area contributed by atoms with Gasteiger partial charge in [-0.3, -0.25) is 19.2 Å². The van der Waals surface area contributed by atoms with Crippen LogP contribution in [0.1, 0.15) is 6.42 Å². The number of carbonyl (C=O) groups excluding carboxylic acids is 3. The number of rotatable bonds is 11. The zero-order valence-corrected chi connectivity index (χ0v) is 14.8. The second-order valence-electron chi connectivity index (χ2n) is 4.81. The van der Waals surface area contributed by atoms with Crippen molar-refractivity contribution in [1.82, 2.24) is 16.0 Å². The molecule has 0 heterocycles. The molecule has 0 rings (SSSR count). The molecule has 0 aliphatic heterocycles. The van der Waals surface area contributed by atoms with E-state index in [9.17, 15) is 24.0 Å². The van der Waals surface area contributed by atoms with Gasteiger partial charge in [0, 0.05) is 11.5 Å². The Balaban J connectivity index is 4.62. The Bertz CT molecular complexity index is 532. The van der Waals surface area contributed by atoms with Crippen LogP contribution in [0, 0.1) is 0 Å². The van der Waals surface area contributed by atoms with Gasteiger partial charge in [0.2, 0.25) is 17.7 Å². The van der Waals surface area contributed by atoms with Crippen LogP contribution < -0.4 is 21.7 Å². The highest BCUT2D eigenvalue weighted by Crippen LogP contribution is 1.96. The zero-order chi connectivity index (χ0) is 19.6. The molecule has 11 nitrogen and oxygen atoms in total. The van der Waals surface area contributed by atoms with Gasteiger partial charge in [-0.25, -0.2) is 4.79 Å². The van der Waals surface area contributed by atoms with E-state index in [-0.39, 0.29) is 11.5 Å².